The van der Waals surface area contributed by atoms with E-state index in [1.807, 2.05) is 30.3 Å². The van der Waals surface area contributed by atoms with Gasteiger partial charge in [0.1, 0.15) is 17.1 Å². The van der Waals surface area contributed by atoms with Crippen molar-refractivity contribution in [2.45, 2.75) is 32.1 Å². The van der Waals surface area contributed by atoms with Crippen molar-refractivity contribution in [2.24, 2.45) is 0 Å². The summed E-state index contributed by atoms with van der Waals surface area (Å²) in [6, 6.07) is 15.2. The predicted molar refractivity (Wildman–Crippen MR) is 117 cm³/mol. The molecule has 1 aliphatic heterocycles. The number of hydrogen-bond acceptors (Lipinski definition) is 5. The van der Waals surface area contributed by atoms with Crippen LogP contribution in [0.1, 0.15) is 39.0 Å². The monoisotopic (exact) mass is 450 g/mol. The van der Waals surface area contributed by atoms with Crippen LogP contribution < -0.4 is 5.32 Å². The summed E-state index contributed by atoms with van der Waals surface area (Å²) in [6.45, 7) is 1.96. The van der Waals surface area contributed by atoms with Crippen LogP contribution in [0, 0.1) is 5.82 Å². The Morgan fingerprint density at radius 2 is 1.88 bits per heavy atom. The highest BCUT2D eigenvalue weighted by Crippen LogP contribution is 2.31. The molecule has 1 aliphatic rings. The fraction of sp³-hybridized carbons (Fsp3) is 0.250. The minimum Gasteiger partial charge on any atom is -0.464 e. The number of nitrogens with zero attached hydrogens (tertiary/aromatic N) is 3. The van der Waals surface area contributed by atoms with E-state index in [0.717, 1.165) is 5.56 Å². The first-order chi connectivity index (χ1) is 15.8. The lowest BCUT2D eigenvalue weighted by Crippen LogP contribution is -2.63. The van der Waals surface area contributed by atoms with E-state index in [2.05, 4.69) is 10.3 Å². The van der Waals surface area contributed by atoms with E-state index in [9.17, 15) is 18.8 Å². The van der Waals surface area contributed by atoms with Crippen molar-refractivity contribution in [3.63, 3.8) is 0 Å². The second-order valence-electron chi connectivity index (χ2n) is 8.02. The molecule has 1 atom stereocenters. The molecule has 0 spiro atoms. The molecule has 0 unspecified atom stereocenters. The lowest BCUT2D eigenvalue weighted by Gasteiger charge is -2.43. The minimum absolute atomic E-state index is 0.0301. The van der Waals surface area contributed by atoms with Crippen LogP contribution in [0.5, 0.6) is 0 Å². The van der Waals surface area contributed by atoms with Gasteiger partial charge < -0.3 is 19.5 Å². The number of benzene rings is 2. The zero-order chi connectivity index (χ0) is 23.6. The van der Waals surface area contributed by atoms with Gasteiger partial charge in [0.15, 0.2) is 5.69 Å². The maximum Gasteiger partial charge on any atom is 0.359 e. The Balaban J connectivity index is 1.70. The number of nitrogens with one attached hydrogen (secondary N) is 1. The first kappa shape index (κ1) is 22.2. The first-order valence-corrected chi connectivity index (χ1v) is 10.4. The number of carbonyl (C=O) groups is 3. The lowest BCUT2D eigenvalue weighted by atomic mass is 9.93. The van der Waals surface area contributed by atoms with Crippen molar-refractivity contribution < 1.29 is 23.5 Å². The normalized spacial score (nSPS) is 17.4. The number of methoxy groups -OCH3 is 1. The van der Waals surface area contributed by atoms with Crippen molar-refractivity contribution in [3.05, 3.63) is 89.3 Å². The second-order valence-corrected chi connectivity index (χ2v) is 8.02. The zero-order valence-electron chi connectivity index (χ0n) is 18.2. The van der Waals surface area contributed by atoms with Gasteiger partial charge in [0.25, 0.3) is 5.91 Å². The van der Waals surface area contributed by atoms with E-state index in [4.69, 9.17) is 4.74 Å². The Labute approximate surface area is 190 Å². The number of amides is 2. The average Bonchev–Trinajstić information content (AvgIpc) is 3.24. The third kappa shape index (κ3) is 4.21. The van der Waals surface area contributed by atoms with Gasteiger partial charge in [-0.25, -0.2) is 14.2 Å². The van der Waals surface area contributed by atoms with Crippen molar-refractivity contribution >= 4 is 17.8 Å². The molecule has 0 fully saturated rings. The topological polar surface area (TPSA) is 93.5 Å². The summed E-state index contributed by atoms with van der Waals surface area (Å²) >= 11 is 0. The third-order valence-electron chi connectivity index (χ3n) is 5.75. The van der Waals surface area contributed by atoms with Crippen LogP contribution in [0.3, 0.4) is 0 Å². The Morgan fingerprint density at radius 1 is 1.15 bits per heavy atom. The van der Waals surface area contributed by atoms with Gasteiger partial charge in [0.2, 0.25) is 5.91 Å². The molecule has 0 radical (unpaired) electrons. The van der Waals surface area contributed by atoms with E-state index in [1.165, 1.54) is 41.1 Å². The fourth-order valence-corrected chi connectivity index (χ4v) is 3.97. The largest absolute Gasteiger partial charge is 0.464 e. The summed E-state index contributed by atoms with van der Waals surface area (Å²) in [5.74, 6) is -2.15. The highest BCUT2D eigenvalue weighted by atomic mass is 19.1. The maximum absolute atomic E-state index is 13.8. The van der Waals surface area contributed by atoms with Crippen molar-refractivity contribution in [3.8, 4) is 0 Å². The zero-order valence-corrected chi connectivity index (χ0v) is 18.2. The average molecular weight is 450 g/mol. The van der Waals surface area contributed by atoms with Crippen molar-refractivity contribution in [1.82, 2.24) is 19.8 Å². The van der Waals surface area contributed by atoms with Crippen LogP contribution in [0.2, 0.25) is 0 Å². The molecule has 9 heteroatoms. The van der Waals surface area contributed by atoms with E-state index in [-0.39, 0.29) is 36.9 Å². The minimum atomic E-state index is -1.32. The summed E-state index contributed by atoms with van der Waals surface area (Å²) in [4.78, 5) is 44.5. The highest BCUT2D eigenvalue weighted by Gasteiger charge is 2.48. The molecule has 33 heavy (non-hydrogen) atoms. The molecular weight excluding hydrogens is 427 g/mol. The van der Waals surface area contributed by atoms with Crippen LogP contribution in [0.4, 0.5) is 4.39 Å². The lowest BCUT2D eigenvalue weighted by molar-refractivity contribution is -0.133. The van der Waals surface area contributed by atoms with Gasteiger partial charge >= 0.3 is 5.97 Å². The molecule has 0 saturated heterocycles. The molecule has 0 saturated carbocycles. The van der Waals surface area contributed by atoms with E-state index < -0.39 is 23.2 Å². The third-order valence-corrected chi connectivity index (χ3v) is 5.75. The Hall–Kier alpha value is -4.01. The number of esters is 1. The number of carbonyl (C=O) groups excluding carboxylic acids is 3. The van der Waals surface area contributed by atoms with Gasteiger partial charge in [0.05, 0.1) is 20.0 Å². The first-order valence-electron chi connectivity index (χ1n) is 10.4. The molecule has 8 nitrogen and oxygen atoms in total. The Bertz CT molecular complexity index is 1210. The van der Waals surface area contributed by atoms with Gasteiger partial charge in [-0.1, -0.05) is 42.5 Å². The van der Waals surface area contributed by atoms with Gasteiger partial charge in [-0.3, -0.25) is 9.59 Å². The quantitative estimate of drug-likeness (QED) is 0.583. The Morgan fingerprint density at radius 3 is 2.58 bits per heavy atom. The molecular formula is C24H23FN4O4. The SMILES string of the molecule is COC(=O)c1ncn2c1C(=O)N(Cc1cccc(F)c1)[C@@](C)(C(=O)NCc1ccccc1)C2. The van der Waals surface area contributed by atoms with Gasteiger partial charge in [-0.15, -0.1) is 0 Å². The number of halogens is 1. The summed E-state index contributed by atoms with van der Waals surface area (Å²) in [7, 11) is 1.20. The predicted octanol–water partition coefficient (Wildman–Crippen LogP) is 2.54. The highest BCUT2D eigenvalue weighted by molar-refractivity contribution is 6.06. The molecule has 0 bridgehead atoms. The van der Waals surface area contributed by atoms with Crippen LogP contribution in [0.25, 0.3) is 0 Å². The summed E-state index contributed by atoms with van der Waals surface area (Å²) in [6.07, 6.45) is 1.35. The Kier molecular flexibility index (Phi) is 5.95. The van der Waals surface area contributed by atoms with Gasteiger partial charge in [-0.2, -0.15) is 0 Å². The van der Waals surface area contributed by atoms with Gasteiger partial charge in [-0.05, 0) is 30.2 Å². The van der Waals surface area contributed by atoms with Crippen molar-refractivity contribution in [2.75, 3.05) is 7.11 Å². The maximum atomic E-state index is 13.8. The van der Waals surface area contributed by atoms with Crippen LogP contribution in [0.15, 0.2) is 60.9 Å². The number of fused-ring (bicyclic) bond motifs is 1. The molecule has 4 rings (SSSR count). The summed E-state index contributed by atoms with van der Waals surface area (Å²) in [5, 5.41) is 2.90. The number of aromatic nitrogens is 2. The number of imidazole rings is 1. The van der Waals surface area contributed by atoms with Crippen molar-refractivity contribution in [1.29, 1.82) is 0 Å². The van der Waals surface area contributed by atoms with Crippen LogP contribution in [-0.4, -0.2) is 44.9 Å². The molecule has 1 aromatic heterocycles. The molecule has 2 heterocycles. The van der Waals surface area contributed by atoms with Gasteiger partial charge in [0, 0.05) is 13.1 Å². The molecule has 2 amide bonds. The van der Waals surface area contributed by atoms with E-state index >= 15 is 0 Å². The molecule has 2 aromatic carbocycles. The molecule has 0 aliphatic carbocycles. The standard InChI is InChI=1S/C24H23FN4O4/c1-24(23(32)26-12-16-7-4-3-5-8-16)14-28-15-27-19(22(31)33-2)20(28)21(30)29(24)13-17-9-6-10-18(25)11-17/h3-11,15H,12-14H2,1-2H3,(H,26,32)/t24-/m1/s1. The number of ether oxygens (including phenoxy) is 1. The van der Waals surface area contributed by atoms with Crippen LogP contribution in [-0.2, 0) is 29.2 Å². The summed E-state index contributed by atoms with van der Waals surface area (Å²) in [5.41, 5.74) is 0.00636. The molecule has 1 N–H and O–H groups in total. The summed E-state index contributed by atoms with van der Waals surface area (Å²) < 4.78 is 20.1. The number of rotatable bonds is 6. The van der Waals surface area contributed by atoms with E-state index in [0.29, 0.717) is 5.56 Å². The van der Waals surface area contributed by atoms with E-state index in [1.54, 1.807) is 13.0 Å². The van der Waals surface area contributed by atoms with Crippen LogP contribution >= 0.6 is 0 Å². The number of hydrogen-bond donors (Lipinski definition) is 1. The molecule has 170 valence electrons. The fourth-order valence-electron chi connectivity index (χ4n) is 3.97. The second kappa shape index (κ2) is 8.85. The molecule has 3 aromatic rings. The smallest absolute Gasteiger partial charge is 0.359 e.